The second kappa shape index (κ2) is 3.50. The number of rotatable bonds is 1. The van der Waals surface area contributed by atoms with Gasteiger partial charge in [0.25, 0.3) is 0 Å². The number of hydrogen-bond acceptors (Lipinski definition) is 3. The monoisotopic (exact) mass is 227 g/mol. The van der Waals surface area contributed by atoms with Crippen LogP contribution in [0, 0.1) is 16.5 Å². The number of nitroso groups, excluding NO2 is 1. The van der Waals surface area contributed by atoms with Crippen LogP contribution in [0.2, 0.25) is 0 Å². The summed E-state index contributed by atoms with van der Waals surface area (Å²) in [7, 11) is 0. The predicted octanol–water partition coefficient (Wildman–Crippen LogP) is 3.33. The van der Waals surface area contributed by atoms with Crippen LogP contribution >= 0.6 is 0 Å². The van der Waals surface area contributed by atoms with E-state index in [9.17, 15) is 13.7 Å². The summed E-state index contributed by atoms with van der Waals surface area (Å²) in [6.07, 6.45) is 0.312. The zero-order valence-electron chi connectivity index (χ0n) is 8.96. The molecule has 0 radical (unpaired) electrons. The van der Waals surface area contributed by atoms with Gasteiger partial charge < -0.3 is 4.74 Å². The molecule has 16 heavy (non-hydrogen) atoms. The lowest BCUT2D eigenvalue weighted by atomic mass is 9.90. The molecule has 0 aliphatic carbocycles. The minimum atomic E-state index is -0.795. The van der Waals surface area contributed by atoms with Gasteiger partial charge in [-0.25, -0.2) is 8.78 Å². The van der Waals surface area contributed by atoms with Gasteiger partial charge in [-0.2, -0.15) is 4.91 Å². The Kier molecular flexibility index (Phi) is 2.40. The molecular formula is C11H11F2NO2. The van der Waals surface area contributed by atoms with Crippen molar-refractivity contribution in [3.8, 4) is 5.75 Å². The summed E-state index contributed by atoms with van der Waals surface area (Å²) in [6, 6.07) is 1.07. The number of halogens is 2. The van der Waals surface area contributed by atoms with Gasteiger partial charge in [0.15, 0.2) is 11.6 Å². The van der Waals surface area contributed by atoms with Gasteiger partial charge in [0, 0.05) is 18.1 Å². The van der Waals surface area contributed by atoms with Crippen LogP contribution in [0.1, 0.15) is 31.9 Å². The highest BCUT2D eigenvalue weighted by Crippen LogP contribution is 2.43. The molecule has 0 aromatic heterocycles. The molecule has 3 nitrogen and oxygen atoms in total. The summed E-state index contributed by atoms with van der Waals surface area (Å²) in [4.78, 5) is 10.7. The molecule has 1 aliphatic heterocycles. The number of ether oxygens (including phenoxy) is 1. The summed E-state index contributed by atoms with van der Waals surface area (Å²) < 4.78 is 31.9. The zero-order valence-corrected chi connectivity index (χ0v) is 8.96. The first-order valence-corrected chi connectivity index (χ1v) is 4.93. The first-order chi connectivity index (χ1) is 7.43. The summed E-state index contributed by atoms with van der Waals surface area (Å²) in [5, 5.41) is 2.90. The molecule has 1 unspecified atom stereocenters. The van der Waals surface area contributed by atoms with E-state index in [2.05, 4.69) is 5.18 Å². The fraction of sp³-hybridized carbons (Fsp3) is 0.455. The van der Waals surface area contributed by atoms with E-state index < -0.39 is 23.3 Å². The molecule has 1 aromatic carbocycles. The summed E-state index contributed by atoms with van der Waals surface area (Å²) in [5.74, 6) is -1.59. The standard InChI is InChI=1S/C11H11F2NO2/c1-11(2)5-9(14-15)7-3-6(12)4-8(13)10(7)16-11/h3-4,9H,5H2,1-2H3. The lowest BCUT2D eigenvalue weighted by Gasteiger charge is -2.34. The Bertz CT molecular complexity index is 446. The third-order valence-corrected chi connectivity index (χ3v) is 2.59. The van der Waals surface area contributed by atoms with E-state index in [4.69, 9.17) is 4.74 Å². The maximum Gasteiger partial charge on any atom is 0.168 e. The number of fused-ring (bicyclic) bond motifs is 1. The van der Waals surface area contributed by atoms with Gasteiger partial charge in [-0.05, 0) is 19.9 Å². The van der Waals surface area contributed by atoms with E-state index in [1.54, 1.807) is 13.8 Å². The SMILES string of the molecule is CC1(C)CC(N=O)c2cc(F)cc(F)c2O1. The second-order valence-electron chi connectivity index (χ2n) is 4.49. The largest absolute Gasteiger partial charge is 0.484 e. The molecule has 0 saturated heterocycles. The molecule has 0 bridgehead atoms. The molecule has 5 heteroatoms. The molecule has 1 aliphatic rings. The zero-order chi connectivity index (χ0) is 11.9. The van der Waals surface area contributed by atoms with Crippen molar-refractivity contribution in [3.05, 3.63) is 34.2 Å². The van der Waals surface area contributed by atoms with Crippen LogP contribution in [0.25, 0.3) is 0 Å². The topological polar surface area (TPSA) is 38.7 Å². The van der Waals surface area contributed by atoms with Crippen molar-refractivity contribution in [1.29, 1.82) is 0 Å². The Morgan fingerprint density at radius 3 is 2.75 bits per heavy atom. The van der Waals surface area contributed by atoms with E-state index in [-0.39, 0.29) is 11.3 Å². The van der Waals surface area contributed by atoms with Gasteiger partial charge in [-0.1, -0.05) is 5.18 Å². The summed E-state index contributed by atoms with van der Waals surface area (Å²) in [5.41, 5.74) is -0.489. The molecule has 86 valence electrons. The lowest BCUT2D eigenvalue weighted by Crippen LogP contribution is -2.34. The van der Waals surface area contributed by atoms with Crippen LogP contribution < -0.4 is 4.74 Å². The second-order valence-corrected chi connectivity index (χ2v) is 4.49. The lowest BCUT2D eigenvalue weighted by molar-refractivity contribution is 0.0671. The van der Waals surface area contributed by atoms with Gasteiger partial charge in [0.1, 0.15) is 17.5 Å². The quantitative estimate of drug-likeness (QED) is 0.690. The maximum atomic E-state index is 13.5. The molecule has 0 amide bonds. The van der Waals surface area contributed by atoms with Crippen LogP contribution in [0.3, 0.4) is 0 Å². The van der Waals surface area contributed by atoms with Gasteiger partial charge in [0.2, 0.25) is 0 Å². The molecule has 0 N–H and O–H groups in total. The molecule has 2 rings (SSSR count). The van der Waals surface area contributed by atoms with Crippen LogP contribution in [-0.4, -0.2) is 5.60 Å². The minimum Gasteiger partial charge on any atom is -0.484 e. The molecule has 0 fully saturated rings. The fourth-order valence-corrected chi connectivity index (χ4v) is 1.92. The smallest absolute Gasteiger partial charge is 0.168 e. The number of benzene rings is 1. The Morgan fingerprint density at radius 1 is 1.44 bits per heavy atom. The molecule has 0 spiro atoms. The molecular weight excluding hydrogens is 216 g/mol. The van der Waals surface area contributed by atoms with Crippen LogP contribution in [-0.2, 0) is 0 Å². The highest BCUT2D eigenvalue weighted by molar-refractivity contribution is 5.40. The van der Waals surface area contributed by atoms with E-state index in [1.165, 1.54) is 0 Å². The average molecular weight is 227 g/mol. The average Bonchev–Trinajstić information content (AvgIpc) is 2.18. The minimum absolute atomic E-state index is 0.0674. The molecule has 1 heterocycles. The van der Waals surface area contributed by atoms with Crippen molar-refractivity contribution in [3.63, 3.8) is 0 Å². The van der Waals surface area contributed by atoms with Crippen molar-refractivity contribution in [1.82, 2.24) is 0 Å². The van der Waals surface area contributed by atoms with Crippen LogP contribution in [0.5, 0.6) is 5.75 Å². The van der Waals surface area contributed by atoms with Gasteiger partial charge >= 0.3 is 0 Å². The number of hydrogen-bond donors (Lipinski definition) is 0. The van der Waals surface area contributed by atoms with E-state index in [0.717, 1.165) is 12.1 Å². The Balaban J connectivity index is 2.58. The normalized spacial score (nSPS) is 22.1. The molecule has 0 saturated carbocycles. The van der Waals surface area contributed by atoms with E-state index >= 15 is 0 Å². The maximum absolute atomic E-state index is 13.5. The van der Waals surface area contributed by atoms with E-state index in [1.807, 2.05) is 0 Å². The molecule has 1 atom stereocenters. The Hall–Kier alpha value is -1.52. The van der Waals surface area contributed by atoms with Crippen molar-refractivity contribution < 1.29 is 13.5 Å². The fourth-order valence-electron chi connectivity index (χ4n) is 1.92. The predicted molar refractivity (Wildman–Crippen MR) is 54.2 cm³/mol. The summed E-state index contributed by atoms with van der Waals surface area (Å²) in [6.45, 7) is 3.47. The van der Waals surface area contributed by atoms with Crippen molar-refractivity contribution >= 4 is 0 Å². The van der Waals surface area contributed by atoms with E-state index in [0.29, 0.717) is 6.42 Å². The first-order valence-electron chi connectivity index (χ1n) is 4.93. The highest BCUT2D eigenvalue weighted by atomic mass is 19.1. The summed E-state index contributed by atoms with van der Waals surface area (Å²) >= 11 is 0. The van der Waals surface area contributed by atoms with Crippen molar-refractivity contribution in [2.24, 2.45) is 5.18 Å². The highest BCUT2D eigenvalue weighted by Gasteiger charge is 2.36. The third kappa shape index (κ3) is 1.77. The Morgan fingerprint density at radius 2 is 2.12 bits per heavy atom. The van der Waals surface area contributed by atoms with Crippen molar-refractivity contribution in [2.45, 2.75) is 31.9 Å². The molecule has 1 aromatic rings. The number of nitrogens with zero attached hydrogens (tertiary/aromatic N) is 1. The first kappa shape index (κ1) is 11.0. The van der Waals surface area contributed by atoms with Gasteiger partial charge in [-0.3, -0.25) is 0 Å². The van der Waals surface area contributed by atoms with Gasteiger partial charge in [0.05, 0.1) is 0 Å². The van der Waals surface area contributed by atoms with Crippen LogP contribution in [0.4, 0.5) is 8.78 Å². The Labute approximate surface area is 91.4 Å². The third-order valence-electron chi connectivity index (χ3n) is 2.59. The van der Waals surface area contributed by atoms with Crippen LogP contribution in [0.15, 0.2) is 17.3 Å². The van der Waals surface area contributed by atoms with Crippen molar-refractivity contribution in [2.75, 3.05) is 0 Å². The van der Waals surface area contributed by atoms with Gasteiger partial charge in [-0.15, -0.1) is 0 Å².